The van der Waals surface area contributed by atoms with Crippen molar-refractivity contribution in [2.75, 3.05) is 53.4 Å². The SMILES string of the molecule is COc1ccc(Cn2c(C(=O)N3CCC(C(=O)N4CCN(C)CC4)CC3)cc3sccc32)cc1. The summed E-state index contributed by atoms with van der Waals surface area (Å²) in [4.78, 5) is 32.8. The van der Waals surface area contributed by atoms with Crippen molar-refractivity contribution >= 4 is 33.4 Å². The summed E-state index contributed by atoms with van der Waals surface area (Å²) in [6.07, 6.45) is 1.48. The molecule has 0 radical (unpaired) electrons. The Morgan fingerprint density at radius 2 is 1.68 bits per heavy atom. The predicted octanol–water partition coefficient (Wildman–Crippen LogP) is 3.39. The molecule has 34 heavy (non-hydrogen) atoms. The van der Waals surface area contributed by atoms with E-state index in [1.165, 1.54) is 0 Å². The Balaban J connectivity index is 1.28. The van der Waals surface area contributed by atoms with Gasteiger partial charge in [0.2, 0.25) is 5.91 Å². The van der Waals surface area contributed by atoms with E-state index in [4.69, 9.17) is 4.74 Å². The van der Waals surface area contributed by atoms with E-state index in [2.05, 4.69) is 28.0 Å². The maximum absolute atomic E-state index is 13.6. The van der Waals surface area contributed by atoms with Crippen LogP contribution in [0.1, 0.15) is 28.9 Å². The van der Waals surface area contributed by atoms with Gasteiger partial charge >= 0.3 is 0 Å². The summed E-state index contributed by atoms with van der Waals surface area (Å²) in [5.74, 6) is 1.18. The lowest BCUT2D eigenvalue weighted by molar-refractivity contribution is -0.138. The molecule has 0 bridgehead atoms. The summed E-state index contributed by atoms with van der Waals surface area (Å²) in [5, 5.41) is 2.07. The van der Waals surface area contributed by atoms with Crippen LogP contribution in [0, 0.1) is 5.92 Å². The van der Waals surface area contributed by atoms with Gasteiger partial charge < -0.3 is 24.0 Å². The number of methoxy groups -OCH3 is 1. The van der Waals surface area contributed by atoms with Crippen LogP contribution >= 0.6 is 11.3 Å². The molecule has 7 nitrogen and oxygen atoms in total. The molecule has 4 heterocycles. The van der Waals surface area contributed by atoms with Crippen LogP contribution in [0.4, 0.5) is 0 Å². The Morgan fingerprint density at radius 3 is 2.35 bits per heavy atom. The standard InChI is InChI=1S/C26H32N4O3S/c1-27-12-14-29(15-13-27)25(31)20-7-10-28(11-8-20)26(32)23-17-24-22(9-16-34-24)30(23)18-19-3-5-21(33-2)6-4-19/h3-6,9,16-17,20H,7-8,10-15,18H2,1-2H3. The van der Waals surface area contributed by atoms with E-state index in [0.29, 0.717) is 19.6 Å². The maximum Gasteiger partial charge on any atom is 0.270 e. The normalized spacial score (nSPS) is 17.9. The number of likely N-dealkylation sites (N-methyl/N-ethyl adjacent to an activating group) is 1. The van der Waals surface area contributed by atoms with Gasteiger partial charge in [0.25, 0.3) is 5.91 Å². The molecule has 5 rings (SSSR count). The van der Waals surface area contributed by atoms with Crippen LogP contribution in [0.5, 0.6) is 5.75 Å². The van der Waals surface area contributed by atoms with Gasteiger partial charge in [0.15, 0.2) is 0 Å². The van der Waals surface area contributed by atoms with Crippen molar-refractivity contribution in [1.82, 2.24) is 19.3 Å². The van der Waals surface area contributed by atoms with E-state index in [1.54, 1.807) is 18.4 Å². The lowest BCUT2D eigenvalue weighted by Crippen LogP contribution is -2.51. The van der Waals surface area contributed by atoms with Crippen molar-refractivity contribution in [2.45, 2.75) is 19.4 Å². The molecule has 180 valence electrons. The predicted molar refractivity (Wildman–Crippen MR) is 135 cm³/mol. The molecule has 0 N–H and O–H groups in total. The van der Waals surface area contributed by atoms with Gasteiger partial charge in [0.05, 0.1) is 17.3 Å². The zero-order valence-corrected chi connectivity index (χ0v) is 20.7. The van der Waals surface area contributed by atoms with Crippen LogP contribution in [-0.2, 0) is 11.3 Å². The minimum Gasteiger partial charge on any atom is -0.497 e. The fourth-order valence-corrected chi connectivity index (χ4v) is 5.84. The van der Waals surface area contributed by atoms with Gasteiger partial charge in [0, 0.05) is 51.7 Å². The summed E-state index contributed by atoms with van der Waals surface area (Å²) >= 11 is 1.66. The highest BCUT2D eigenvalue weighted by Crippen LogP contribution is 2.29. The zero-order valence-electron chi connectivity index (χ0n) is 19.9. The minimum atomic E-state index is 0.0297. The van der Waals surface area contributed by atoms with E-state index in [0.717, 1.165) is 66.2 Å². The maximum atomic E-state index is 13.6. The molecule has 2 amide bonds. The molecule has 3 aromatic rings. The van der Waals surface area contributed by atoms with Gasteiger partial charge in [-0.1, -0.05) is 12.1 Å². The molecule has 8 heteroatoms. The van der Waals surface area contributed by atoms with Crippen molar-refractivity contribution in [3.63, 3.8) is 0 Å². The Kier molecular flexibility index (Phi) is 6.61. The number of piperazine rings is 1. The molecule has 2 saturated heterocycles. The molecule has 2 aliphatic rings. The fraction of sp³-hybridized carbons (Fsp3) is 0.462. The van der Waals surface area contributed by atoms with E-state index < -0.39 is 0 Å². The summed E-state index contributed by atoms with van der Waals surface area (Å²) in [6, 6.07) is 12.1. The largest absolute Gasteiger partial charge is 0.497 e. The van der Waals surface area contributed by atoms with Crippen molar-refractivity contribution in [2.24, 2.45) is 5.92 Å². The van der Waals surface area contributed by atoms with Crippen LogP contribution in [0.15, 0.2) is 41.8 Å². The average Bonchev–Trinajstić information content (AvgIpc) is 3.47. The highest BCUT2D eigenvalue weighted by molar-refractivity contribution is 7.17. The van der Waals surface area contributed by atoms with E-state index in [9.17, 15) is 9.59 Å². The minimum absolute atomic E-state index is 0.0297. The number of carbonyl (C=O) groups excluding carboxylic acids is 2. The van der Waals surface area contributed by atoms with Crippen molar-refractivity contribution in [3.8, 4) is 5.75 Å². The lowest BCUT2D eigenvalue weighted by Gasteiger charge is -2.37. The zero-order chi connectivity index (χ0) is 23.7. The number of hydrogen-bond donors (Lipinski definition) is 0. The van der Waals surface area contributed by atoms with Crippen molar-refractivity contribution in [3.05, 3.63) is 53.0 Å². The third-order valence-corrected chi connectivity index (χ3v) is 8.04. The highest BCUT2D eigenvalue weighted by atomic mass is 32.1. The van der Waals surface area contributed by atoms with E-state index in [-0.39, 0.29) is 17.7 Å². The molecular weight excluding hydrogens is 448 g/mol. The number of nitrogens with zero attached hydrogens (tertiary/aromatic N) is 4. The molecule has 0 aliphatic carbocycles. The van der Waals surface area contributed by atoms with Crippen LogP contribution < -0.4 is 4.74 Å². The van der Waals surface area contributed by atoms with Crippen LogP contribution in [-0.4, -0.2) is 84.5 Å². The van der Waals surface area contributed by atoms with Crippen LogP contribution in [0.2, 0.25) is 0 Å². The first-order valence-electron chi connectivity index (χ1n) is 12.0. The third kappa shape index (κ3) is 4.57. The number of likely N-dealkylation sites (tertiary alicyclic amines) is 1. The second-order valence-corrected chi connectivity index (χ2v) is 10.3. The van der Waals surface area contributed by atoms with Gasteiger partial charge in [-0.05, 0) is 55.1 Å². The average molecular weight is 481 g/mol. The van der Waals surface area contributed by atoms with Gasteiger partial charge in [-0.15, -0.1) is 11.3 Å². The van der Waals surface area contributed by atoms with E-state index >= 15 is 0 Å². The Labute approximate surface area is 204 Å². The molecule has 1 aromatic carbocycles. The Hall–Kier alpha value is -2.84. The van der Waals surface area contributed by atoms with Gasteiger partial charge in [0.1, 0.15) is 11.4 Å². The molecule has 2 fully saturated rings. The lowest BCUT2D eigenvalue weighted by atomic mass is 9.94. The Bertz CT molecular complexity index is 1150. The molecule has 2 aliphatic heterocycles. The summed E-state index contributed by atoms with van der Waals surface area (Å²) < 4.78 is 8.52. The molecule has 2 aromatic heterocycles. The molecule has 0 unspecified atom stereocenters. The number of carbonyl (C=O) groups is 2. The number of thiophene rings is 1. The topological polar surface area (TPSA) is 58.0 Å². The third-order valence-electron chi connectivity index (χ3n) is 7.19. The number of fused-ring (bicyclic) bond motifs is 1. The first-order valence-corrected chi connectivity index (χ1v) is 12.9. The number of ether oxygens (including phenoxy) is 1. The van der Waals surface area contributed by atoms with Crippen LogP contribution in [0.3, 0.4) is 0 Å². The number of amides is 2. The smallest absolute Gasteiger partial charge is 0.270 e. The first-order chi connectivity index (χ1) is 16.5. The van der Waals surface area contributed by atoms with Crippen LogP contribution in [0.25, 0.3) is 10.2 Å². The number of piperidine rings is 1. The first kappa shape index (κ1) is 22.9. The summed E-state index contributed by atoms with van der Waals surface area (Å²) in [6.45, 7) is 5.38. The number of benzene rings is 1. The van der Waals surface area contributed by atoms with Gasteiger partial charge in [-0.25, -0.2) is 0 Å². The van der Waals surface area contributed by atoms with Gasteiger partial charge in [-0.3, -0.25) is 9.59 Å². The number of rotatable bonds is 5. The summed E-state index contributed by atoms with van der Waals surface area (Å²) in [7, 11) is 3.76. The number of aromatic nitrogens is 1. The van der Waals surface area contributed by atoms with Crippen molar-refractivity contribution in [1.29, 1.82) is 0 Å². The second-order valence-electron chi connectivity index (χ2n) is 9.33. The summed E-state index contributed by atoms with van der Waals surface area (Å²) in [5.41, 5.74) is 2.93. The number of hydrogen-bond acceptors (Lipinski definition) is 5. The molecule has 0 spiro atoms. The quantitative estimate of drug-likeness (QED) is 0.562. The molecule has 0 saturated carbocycles. The monoisotopic (exact) mass is 480 g/mol. The molecular formula is C26H32N4O3S. The van der Waals surface area contributed by atoms with Gasteiger partial charge in [-0.2, -0.15) is 0 Å². The Morgan fingerprint density at radius 1 is 0.971 bits per heavy atom. The molecule has 0 atom stereocenters. The fourth-order valence-electron chi connectivity index (χ4n) is 5.01. The second kappa shape index (κ2) is 9.80. The van der Waals surface area contributed by atoms with Crippen molar-refractivity contribution < 1.29 is 14.3 Å². The highest BCUT2D eigenvalue weighted by Gasteiger charge is 2.32. The van der Waals surface area contributed by atoms with E-state index in [1.807, 2.05) is 40.1 Å².